The van der Waals surface area contributed by atoms with Crippen molar-refractivity contribution >= 4 is 5.97 Å². The SMILES string of the molecule is CCC(=O)O.COc1ccc(O)cc1.[Zn]. The molecule has 0 aliphatic carbocycles. The molecule has 0 aliphatic rings. The normalized spacial score (nSPS) is 7.87. The second-order valence-corrected chi connectivity index (χ2v) is 2.45. The van der Waals surface area contributed by atoms with E-state index in [0.29, 0.717) is 0 Å². The van der Waals surface area contributed by atoms with E-state index in [2.05, 4.69) is 0 Å². The number of carbonyl (C=O) groups is 1. The molecule has 0 fully saturated rings. The predicted octanol–water partition coefficient (Wildman–Crippen LogP) is 1.88. The average molecular weight is 264 g/mol. The first kappa shape index (κ1) is 16.3. The quantitative estimate of drug-likeness (QED) is 0.800. The van der Waals surface area contributed by atoms with Crippen molar-refractivity contribution in [1.82, 2.24) is 0 Å². The largest absolute Gasteiger partial charge is 0.508 e. The number of aromatic hydroxyl groups is 1. The van der Waals surface area contributed by atoms with Crippen LogP contribution in [0.3, 0.4) is 0 Å². The Hall–Kier alpha value is -1.09. The van der Waals surface area contributed by atoms with Crippen LogP contribution in [0, 0.1) is 0 Å². The average Bonchev–Trinajstić information content (AvgIpc) is 2.20. The number of benzene rings is 1. The van der Waals surface area contributed by atoms with Gasteiger partial charge in [-0.05, 0) is 24.3 Å². The molecule has 0 bridgehead atoms. The van der Waals surface area contributed by atoms with Crippen molar-refractivity contribution in [2.45, 2.75) is 13.3 Å². The molecule has 4 nitrogen and oxygen atoms in total. The second kappa shape index (κ2) is 9.47. The molecule has 0 atom stereocenters. The molecule has 0 heterocycles. The van der Waals surface area contributed by atoms with Gasteiger partial charge in [0.1, 0.15) is 11.5 Å². The number of hydrogen-bond acceptors (Lipinski definition) is 3. The summed E-state index contributed by atoms with van der Waals surface area (Å²) < 4.78 is 4.86. The molecule has 80 valence electrons. The van der Waals surface area contributed by atoms with Gasteiger partial charge in [0, 0.05) is 25.9 Å². The van der Waals surface area contributed by atoms with Gasteiger partial charge < -0.3 is 14.9 Å². The minimum Gasteiger partial charge on any atom is -0.508 e. The molecule has 0 aromatic heterocycles. The number of ether oxygens (including phenoxy) is 1. The monoisotopic (exact) mass is 262 g/mol. The van der Waals surface area contributed by atoms with E-state index < -0.39 is 5.97 Å². The molecule has 0 amide bonds. The summed E-state index contributed by atoms with van der Waals surface area (Å²) in [6.07, 6.45) is 0.222. The zero-order valence-corrected chi connectivity index (χ0v) is 11.9. The first-order valence-electron chi connectivity index (χ1n) is 4.15. The summed E-state index contributed by atoms with van der Waals surface area (Å²) in [5.41, 5.74) is 0. The fraction of sp³-hybridized carbons (Fsp3) is 0.300. The molecule has 5 heteroatoms. The molecule has 1 aromatic carbocycles. The third-order valence-electron chi connectivity index (χ3n) is 1.37. The number of carboxylic acids is 1. The van der Waals surface area contributed by atoms with Crippen LogP contribution in [0.2, 0.25) is 0 Å². The Kier molecular flexibility index (Phi) is 10.3. The van der Waals surface area contributed by atoms with Crippen molar-refractivity contribution in [1.29, 1.82) is 0 Å². The van der Waals surface area contributed by atoms with E-state index in [-0.39, 0.29) is 31.6 Å². The maximum atomic E-state index is 9.37. The zero-order valence-electron chi connectivity index (χ0n) is 8.93. The molecule has 2 N–H and O–H groups in total. The van der Waals surface area contributed by atoms with Gasteiger partial charge in [-0.2, -0.15) is 0 Å². The van der Waals surface area contributed by atoms with E-state index in [1.54, 1.807) is 38.3 Å². The van der Waals surface area contributed by atoms with Gasteiger partial charge in [0.05, 0.1) is 7.11 Å². The molecule has 1 rings (SSSR count). The molecule has 0 aliphatic heterocycles. The zero-order chi connectivity index (χ0) is 11.0. The van der Waals surface area contributed by atoms with Gasteiger partial charge in [-0.3, -0.25) is 4.79 Å². The molecule has 0 unspecified atom stereocenters. The second-order valence-electron chi connectivity index (χ2n) is 2.45. The molecule has 0 radical (unpaired) electrons. The minimum atomic E-state index is -0.745. The number of methoxy groups -OCH3 is 1. The summed E-state index contributed by atoms with van der Waals surface area (Å²) in [5, 5.41) is 16.5. The maximum absolute atomic E-state index is 9.37. The van der Waals surface area contributed by atoms with E-state index in [4.69, 9.17) is 14.9 Å². The van der Waals surface area contributed by atoms with Crippen LogP contribution in [0.5, 0.6) is 11.5 Å². The number of rotatable bonds is 2. The molecule has 1 aromatic rings. The third kappa shape index (κ3) is 9.22. The Morgan fingerprint density at radius 2 is 1.73 bits per heavy atom. The summed E-state index contributed by atoms with van der Waals surface area (Å²) in [7, 11) is 1.59. The van der Waals surface area contributed by atoms with E-state index >= 15 is 0 Å². The number of hydrogen-bond donors (Lipinski definition) is 2. The van der Waals surface area contributed by atoms with Crippen molar-refractivity contribution in [3.63, 3.8) is 0 Å². The fourth-order valence-electron chi connectivity index (χ4n) is 0.582. The van der Waals surface area contributed by atoms with Gasteiger partial charge in [-0.15, -0.1) is 0 Å². The Labute approximate surface area is 102 Å². The number of carboxylic acid groups (broad SMARTS) is 1. The van der Waals surface area contributed by atoms with Crippen LogP contribution >= 0.6 is 0 Å². The number of phenols is 1. The van der Waals surface area contributed by atoms with Gasteiger partial charge in [-0.1, -0.05) is 6.92 Å². The van der Waals surface area contributed by atoms with Crippen molar-refractivity contribution < 1.29 is 39.2 Å². The molecule has 0 saturated heterocycles. The van der Waals surface area contributed by atoms with Gasteiger partial charge in [-0.25, -0.2) is 0 Å². The van der Waals surface area contributed by atoms with E-state index in [0.717, 1.165) is 5.75 Å². The van der Waals surface area contributed by atoms with Crippen LogP contribution < -0.4 is 4.74 Å². The van der Waals surface area contributed by atoms with Crippen LogP contribution in [0.4, 0.5) is 0 Å². The molecular formula is C10H14O4Zn. The van der Waals surface area contributed by atoms with E-state index in [1.807, 2.05) is 0 Å². The van der Waals surface area contributed by atoms with E-state index in [1.165, 1.54) is 0 Å². The summed E-state index contributed by atoms with van der Waals surface area (Å²) in [5.74, 6) is 0.272. The molecule has 15 heavy (non-hydrogen) atoms. The van der Waals surface area contributed by atoms with Gasteiger partial charge >= 0.3 is 5.97 Å². The van der Waals surface area contributed by atoms with Crippen LogP contribution in [0.15, 0.2) is 24.3 Å². The molecule has 0 spiro atoms. The summed E-state index contributed by atoms with van der Waals surface area (Å²) in [4.78, 5) is 9.37. The van der Waals surface area contributed by atoms with Crippen LogP contribution in [0.25, 0.3) is 0 Å². The maximum Gasteiger partial charge on any atom is 0.303 e. The first-order chi connectivity index (χ1) is 6.60. The van der Waals surface area contributed by atoms with Gasteiger partial charge in [0.25, 0.3) is 0 Å². The van der Waals surface area contributed by atoms with E-state index in [9.17, 15) is 4.79 Å². The summed E-state index contributed by atoms with van der Waals surface area (Å²) in [6.45, 7) is 1.60. The van der Waals surface area contributed by atoms with Gasteiger partial charge in [0.15, 0.2) is 0 Å². The van der Waals surface area contributed by atoms with Crippen molar-refractivity contribution in [3.05, 3.63) is 24.3 Å². The topological polar surface area (TPSA) is 66.8 Å². The Bertz CT molecular complexity index is 271. The van der Waals surface area contributed by atoms with Gasteiger partial charge in [0.2, 0.25) is 0 Å². The summed E-state index contributed by atoms with van der Waals surface area (Å²) in [6, 6.07) is 6.57. The number of phenolic OH excluding ortho intramolecular Hbond substituents is 1. The molecular weight excluding hydrogens is 249 g/mol. The molecule has 0 saturated carbocycles. The third-order valence-corrected chi connectivity index (χ3v) is 1.37. The number of aliphatic carboxylic acids is 1. The predicted molar refractivity (Wildman–Crippen MR) is 52.6 cm³/mol. The van der Waals surface area contributed by atoms with Crippen LogP contribution in [-0.2, 0) is 24.3 Å². The first-order valence-corrected chi connectivity index (χ1v) is 4.15. The van der Waals surface area contributed by atoms with Crippen molar-refractivity contribution in [2.75, 3.05) is 7.11 Å². The van der Waals surface area contributed by atoms with Crippen molar-refractivity contribution in [2.24, 2.45) is 0 Å². The Morgan fingerprint density at radius 1 is 1.33 bits per heavy atom. The van der Waals surface area contributed by atoms with Crippen molar-refractivity contribution in [3.8, 4) is 11.5 Å². The standard InChI is InChI=1S/C7H8O2.C3H6O2.Zn/c1-9-7-4-2-6(8)3-5-7;1-2-3(4)5;/h2-5,8H,1H3;2H2,1H3,(H,4,5);. The van der Waals surface area contributed by atoms with Crippen LogP contribution in [0.1, 0.15) is 13.3 Å². The Balaban J connectivity index is 0. The Morgan fingerprint density at radius 3 is 2.00 bits per heavy atom. The minimum absolute atomic E-state index is 0. The smallest absolute Gasteiger partial charge is 0.303 e. The summed E-state index contributed by atoms with van der Waals surface area (Å²) >= 11 is 0. The van der Waals surface area contributed by atoms with Crippen LogP contribution in [-0.4, -0.2) is 23.3 Å². The fourth-order valence-corrected chi connectivity index (χ4v) is 0.582.